The number of hydrogen-bond acceptors (Lipinski definition) is 7. The summed E-state index contributed by atoms with van der Waals surface area (Å²) < 4.78 is 18.4. The van der Waals surface area contributed by atoms with E-state index in [1.165, 1.54) is 29.6 Å². The molecule has 0 saturated heterocycles. The lowest BCUT2D eigenvalue weighted by molar-refractivity contribution is 0.217. The van der Waals surface area contributed by atoms with Crippen molar-refractivity contribution in [1.82, 2.24) is 15.0 Å². The zero-order valence-electron chi connectivity index (χ0n) is 14.5. The Balaban J connectivity index is 1.85. The minimum atomic E-state index is -1.18. The van der Waals surface area contributed by atoms with Crippen molar-refractivity contribution in [2.24, 2.45) is 0 Å². The Labute approximate surface area is 159 Å². The number of nitrogens with zero attached hydrogens (tertiary/aromatic N) is 3. The molecule has 0 aromatic carbocycles. The highest BCUT2D eigenvalue weighted by Crippen LogP contribution is 2.46. The van der Waals surface area contributed by atoms with Crippen molar-refractivity contribution in [3.63, 3.8) is 0 Å². The number of pyridine rings is 1. The molecule has 1 fully saturated rings. The second-order valence-corrected chi connectivity index (χ2v) is 9.14. The molecule has 0 radical (unpaired) electrons. The van der Waals surface area contributed by atoms with E-state index in [9.17, 15) is 4.55 Å². The maximum absolute atomic E-state index is 12.6. The van der Waals surface area contributed by atoms with Gasteiger partial charge in [-0.1, -0.05) is 17.8 Å². The topological polar surface area (TPSA) is 97.0 Å². The number of ether oxygens (including phenoxy) is 1. The van der Waals surface area contributed by atoms with Crippen LogP contribution in [0.5, 0.6) is 0 Å². The average Bonchev–Trinajstić information content (AvgIpc) is 2.96. The highest BCUT2D eigenvalue weighted by atomic mass is 32.2. The first-order chi connectivity index (χ1) is 12.7. The number of hydrogen-bond donors (Lipinski definition) is 1. The van der Waals surface area contributed by atoms with Gasteiger partial charge >= 0.3 is 0 Å². The normalized spacial score (nSPS) is 15.9. The Bertz CT molecular complexity index is 912. The van der Waals surface area contributed by atoms with Gasteiger partial charge in [0.15, 0.2) is 0 Å². The number of aromatic nitrogens is 3. The molecule has 0 spiro atoms. The van der Waals surface area contributed by atoms with Gasteiger partial charge in [0.25, 0.3) is 0 Å². The monoisotopic (exact) mass is 388 g/mol. The molecule has 0 amide bonds. The third-order valence-corrected chi connectivity index (χ3v) is 7.65. The predicted octanol–water partition coefficient (Wildman–Crippen LogP) is 3.36. The van der Waals surface area contributed by atoms with E-state index < -0.39 is 11.2 Å². The first-order valence-electron chi connectivity index (χ1n) is 8.54. The van der Waals surface area contributed by atoms with Crippen molar-refractivity contribution in [2.75, 3.05) is 25.2 Å². The van der Waals surface area contributed by atoms with Crippen molar-refractivity contribution in [2.45, 2.75) is 29.4 Å². The van der Waals surface area contributed by atoms with Gasteiger partial charge in [0.05, 0.1) is 12.3 Å². The van der Waals surface area contributed by atoms with Crippen LogP contribution in [0.4, 0.5) is 5.69 Å². The van der Waals surface area contributed by atoms with Crippen LogP contribution in [0.15, 0.2) is 29.0 Å². The fourth-order valence-corrected chi connectivity index (χ4v) is 5.74. The molecule has 1 aliphatic rings. The molecule has 26 heavy (non-hydrogen) atoms. The van der Waals surface area contributed by atoms with Crippen LogP contribution >= 0.6 is 11.3 Å². The van der Waals surface area contributed by atoms with Crippen LogP contribution in [0.25, 0.3) is 21.5 Å². The van der Waals surface area contributed by atoms with E-state index in [0.717, 1.165) is 34.3 Å². The maximum Gasteiger partial charge on any atom is 0.232 e. The lowest BCUT2D eigenvalue weighted by Crippen LogP contribution is -2.12. The van der Waals surface area contributed by atoms with E-state index in [4.69, 9.17) is 15.5 Å². The Kier molecular flexibility index (Phi) is 5.08. The Morgan fingerprint density at radius 2 is 2.12 bits per heavy atom. The molecule has 3 aromatic heterocycles. The summed E-state index contributed by atoms with van der Waals surface area (Å²) in [6.45, 7) is 0.440. The van der Waals surface area contributed by atoms with E-state index in [-0.39, 0.29) is 0 Å². The minimum Gasteiger partial charge on any atom is -0.611 e. The van der Waals surface area contributed by atoms with Gasteiger partial charge in [-0.15, -0.1) is 0 Å². The quantitative estimate of drug-likeness (QED) is 0.650. The van der Waals surface area contributed by atoms with E-state index in [2.05, 4.69) is 16.0 Å². The summed E-state index contributed by atoms with van der Waals surface area (Å²) in [5, 5.41) is 0.973. The number of thiophene rings is 1. The molecule has 0 bridgehead atoms. The van der Waals surface area contributed by atoms with Crippen LogP contribution in [-0.4, -0.2) is 39.0 Å². The predicted molar refractivity (Wildman–Crippen MR) is 105 cm³/mol. The second kappa shape index (κ2) is 7.48. The van der Waals surface area contributed by atoms with Crippen LogP contribution in [0.2, 0.25) is 0 Å². The van der Waals surface area contributed by atoms with Gasteiger partial charge in [-0.2, -0.15) is 0 Å². The molecule has 8 heteroatoms. The van der Waals surface area contributed by atoms with Gasteiger partial charge in [0.1, 0.15) is 22.6 Å². The van der Waals surface area contributed by atoms with Crippen LogP contribution < -0.4 is 5.73 Å². The fraction of sp³-hybridized carbons (Fsp3) is 0.389. The van der Waals surface area contributed by atoms with Gasteiger partial charge in [0, 0.05) is 41.6 Å². The molecule has 136 valence electrons. The molecular weight excluding hydrogens is 368 g/mol. The number of anilines is 1. The van der Waals surface area contributed by atoms with Gasteiger partial charge in [-0.05, 0) is 30.4 Å². The van der Waals surface area contributed by atoms with Crippen molar-refractivity contribution in [3.8, 4) is 11.3 Å². The van der Waals surface area contributed by atoms with E-state index in [1.54, 1.807) is 19.5 Å². The van der Waals surface area contributed by atoms with Gasteiger partial charge in [0.2, 0.25) is 4.21 Å². The number of nitrogens with two attached hydrogens (primary N) is 1. The molecule has 1 aliphatic carbocycles. The van der Waals surface area contributed by atoms with Crippen LogP contribution in [0, 0.1) is 0 Å². The fourth-order valence-electron chi connectivity index (χ4n) is 3.17. The molecule has 4 rings (SSSR count). The summed E-state index contributed by atoms with van der Waals surface area (Å²) in [7, 11) is 1.61. The zero-order valence-corrected chi connectivity index (χ0v) is 16.1. The standard InChI is InChI=1S/C18H20N4O2S2/c1-24-5-6-26(23)18-16(19)15-13(11-3-2-4-11)7-14(22-17(15)25-18)12-8-20-10-21-9-12/h7-11H,2-6,19H2,1H3. The molecule has 3 heterocycles. The summed E-state index contributed by atoms with van der Waals surface area (Å²) in [6.07, 6.45) is 8.58. The minimum absolute atomic E-state index is 0.436. The van der Waals surface area contributed by atoms with Crippen molar-refractivity contribution < 1.29 is 9.29 Å². The van der Waals surface area contributed by atoms with Crippen molar-refractivity contribution >= 4 is 38.4 Å². The number of fused-ring (bicyclic) bond motifs is 1. The summed E-state index contributed by atoms with van der Waals surface area (Å²) in [6, 6.07) is 2.11. The molecule has 2 N–H and O–H groups in total. The largest absolute Gasteiger partial charge is 0.611 e. The van der Waals surface area contributed by atoms with E-state index >= 15 is 0 Å². The van der Waals surface area contributed by atoms with Crippen LogP contribution in [-0.2, 0) is 15.9 Å². The first kappa shape index (κ1) is 17.7. The lowest BCUT2D eigenvalue weighted by atomic mass is 9.79. The summed E-state index contributed by atoms with van der Waals surface area (Å²) in [5.74, 6) is 0.923. The van der Waals surface area contributed by atoms with Gasteiger partial charge in [-0.25, -0.2) is 15.0 Å². The van der Waals surface area contributed by atoms with Gasteiger partial charge < -0.3 is 15.0 Å². The van der Waals surface area contributed by atoms with Crippen LogP contribution in [0.3, 0.4) is 0 Å². The van der Waals surface area contributed by atoms with E-state index in [1.807, 2.05) is 0 Å². The summed E-state index contributed by atoms with van der Waals surface area (Å²) >= 11 is 0.245. The Hall–Kier alpha value is -1.74. The van der Waals surface area contributed by atoms with Gasteiger partial charge in [-0.3, -0.25) is 0 Å². The maximum atomic E-state index is 12.6. The second-order valence-electron chi connectivity index (χ2n) is 6.38. The SMILES string of the molecule is COCC[S+]([O-])c1sc2nc(-c3cncnc3)cc(C3CCC3)c2c1N. The smallest absolute Gasteiger partial charge is 0.232 e. The number of methoxy groups -OCH3 is 1. The van der Waals surface area contributed by atoms with Crippen LogP contribution in [0.1, 0.15) is 30.7 Å². The molecule has 0 aliphatic heterocycles. The average molecular weight is 389 g/mol. The summed E-state index contributed by atoms with van der Waals surface area (Å²) in [4.78, 5) is 13.8. The first-order valence-corrected chi connectivity index (χ1v) is 10.7. The highest BCUT2D eigenvalue weighted by Gasteiger charge is 2.29. The van der Waals surface area contributed by atoms with E-state index in [0.29, 0.717) is 28.2 Å². The Morgan fingerprint density at radius 1 is 1.35 bits per heavy atom. The molecule has 1 unspecified atom stereocenters. The lowest BCUT2D eigenvalue weighted by Gasteiger charge is -2.27. The number of nitrogen functional groups attached to an aromatic ring is 1. The highest BCUT2D eigenvalue weighted by molar-refractivity contribution is 7.93. The number of rotatable bonds is 6. The third-order valence-electron chi connectivity index (χ3n) is 4.78. The third kappa shape index (κ3) is 3.18. The molecule has 6 nitrogen and oxygen atoms in total. The summed E-state index contributed by atoms with van der Waals surface area (Å²) in [5.41, 5.74) is 9.98. The molecular formula is C18H20N4O2S2. The molecule has 1 atom stereocenters. The van der Waals surface area contributed by atoms with Crippen molar-refractivity contribution in [1.29, 1.82) is 0 Å². The molecule has 3 aromatic rings. The molecule has 1 saturated carbocycles. The van der Waals surface area contributed by atoms with Crippen molar-refractivity contribution in [3.05, 3.63) is 30.4 Å². The zero-order chi connectivity index (χ0) is 18.1. The Morgan fingerprint density at radius 3 is 2.77 bits per heavy atom.